The van der Waals surface area contributed by atoms with Gasteiger partial charge < -0.3 is 9.47 Å². The van der Waals surface area contributed by atoms with E-state index in [4.69, 9.17) is 21.1 Å². The van der Waals surface area contributed by atoms with Crippen LogP contribution >= 0.6 is 11.6 Å². The first kappa shape index (κ1) is 20.6. The summed E-state index contributed by atoms with van der Waals surface area (Å²) in [6, 6.07) is 5.10. The van der Waals surface area contributed by atoms with Crippen molar-refractivity contribution in [1.82, 2.24) is 14.8 Å². The summed E-state index contributed by atoms with van der Waals surface area (Å²) >= 11 is 6.20. The van der Waals surface area contributed by atoms with E-state index >= 15 is 0 Å². The van der Waals surface area contributed by atoms with Gasteiger partial charge in [0.25, 0.3) is 0 Å². The zero-order valence-corrected chi connectivity index (χ0v) is 17.7. The van der Waals surface area contributed by atoms with Crippen molar-refractivity contribution in [2.45, 2.75) is 59.0 Å². The average Bonchev–Trinajstić information content (AvgIpc) is 3.06. The van der Waals surface area contributed by atoms with E-state index in [1.165, 1.54) is 25.7 Å². The Hall–Kier alpha value is -2.08. The molecule has 0 aromatic carbocycles. The topological polar surface area (TPSA) is 66.2 Å². The predicted octanol–water partition coefficient (Wildman–Crippen LogP) is 5.08. The maximum atomic E-state index is 12.2. The molecule has 2 unspecified atom stereocenters. The Labute approximate surface area is 171 Å². The van der Waals surface area contributed by atoms with Gasteiger partial charge >= 0.3 is 5.97 Å². The number of nitrogens with zero attached hydrogens (tertiary/aromatic N) is 3. The maximum Gasteiger partial charge on any atom is 0.341 e. The number of ether oxygens (including phenoxy) is 2. The second-order valence-corrected chi connectivity index (χ2v) is 8.66. The van der Waals surface area contributed by atoms with Gasteiger partial charge in [-0.15, -0.1) is 5.10 Å². The van der Waals surface area contributed by atoms with Crippen LogP contribution in [0.15, 0.2) is 24.4 Å². The van der Waals surface area contributed by atoms with E-state index in [1.807, 2.05) is 6.07 Å². The van der Waals surface area contributed by atoms with Gasteiger partial charge in [0.1, 0.15) is 10.8 Å². The van der Waals surface area contributed by atoms with Gasteiger partial charge in [-0.2, -0.15) is 0 Å². The Morgan fingerprint density at radius 2 is 2.00 bits per heavy atom. The van der Waals surface area contributed by atoms with Crippen molar-refractivity contribution >= 4 is 17.6 Å². The summed E-state index contributed by atoms with van der Waals surface area (Å²) in [6.07, 6.45) is 6.80. The highest BCUT2D eigenvalue weighted by atomic mass is 35.5. The normalized spacial score (nSPS) is 19.2. The van der Waals surface area contributed by atoms with Gasteiger partial charge in [-0.25, -0.2) is 14.5 Å². The maximum absolute atomic E-state index is 12.2. The summed E-state index contributed by atoms with van der Waals surface area (Å²) in [4.78, 5) is 16.5. The molecule has 1 aliphatic carbocycles. The van der Waals surface area contributed by atoms with Crippen molar-refractivity contribution in [3.63, 3.8) is 0 Å². The number of carbonyl (C=O) groups is 1. The molecule has 1 aliphatic rings. The van der Waals surface area contributed by atoms with E-state index in [-0.39, 0.29) is 10.7 Å². The second kappa shape index (κ2) is 8.52. The third kappa shape index (κ3) is 5.04. The zero-order valence-electron chi connectivity index (χ0n) is 16.9. The molecule has 1 saturated carbocycles. The molecule has 1 fully saturated rings. The fraction of sp³-hybridized carbons (Fsp3) is 0.571. The summed E-state index contributed by atoms with van der Waals surface area (Å²) in [5.74, 6) is 2.00. The van der Waals surface area contributed by atoms with Crippen molar-refractivity contribution in [1.29, 1.82) is 0 Å². The van der Waals surface area contributed by atoms with Crippen LogP contribution in [0.25, 0.3) is 5.82 Å². The lowest BCUT2D eigenvalue weighted by atomic mass is 9.72. The molecule has 0 spiro atoms. The molecular formula is C21H28ClN3O3. The quantitative estimate of drug-likeness (QED) is 0.474. The number of esters is 1. The molecule has 2 aromatic rings. The van der Waals surface area contributed by atoms with Crippen LogP contribution in [0.5, 0.6) is 5.88 Å². The predicted molar refractivity (Wildman–Crippen MR) is 108 cm³/mol. The molecule has 2 atom stereocenters. The van der Waals surface area contributed by atoms with Crippen molar-refractivity contribution in [3.05, 3.63) is 35.1 Å². The minimum atomic E-state index is -0.593. The molecule has 3 rings (SSSR count). The summed E-state index contributed by atoms with van der Waals surface area (Å²) in [7, 11) is 0. The Bertz CT molecular complexity index is 829. The fourth-order valence-corrected chi connectivity index (χ4v) is 3.58. The molecule has 0 aliphatic heterocycles. The SMILES string of the molecule is CCCC1CCC1COc1ccn(-c2ccc(C(=O)OC(C)(C)C)c(Cl)n2)n1. The zero-order chi connectivity index (χ0) is 20.3. The molecule has 0 saturated heterocycles. The van der Waals surface area contributed by atoms with Crippen LogP contribution in [-0.2, 0) is 4.74 Å². The highest BCUT2D eigenvalue weighted by molar-refractivity contribution is 6.32. The number of hydrogen-bond acceptors (Lipinski definition) is 5. The van der Waals surface area contributed by atoms with Gasteiger partial charge in [-0.3, -0.25) is 0 Å². The van der Waals surface area contributed by atoms with Gasteiger partial charge in [-0.05, 0) is 57.6 Å². The highest BCUT2D eigenvalue weighted by Crippen LogP contribution is 2.37. The first-order valence-corrected chi connectivity index (χ1v) is 10.2. The number of hydrogen-bond donors (Lipinski definition) is 0. The van der Waals surface area contributed by atoms with Crippen LogP contribution in [0.4, 0.5) is 0 Å². The summed E-state index contributed by atoms with van der Waals surface area (Å²) < 4.78 is 12.8. The Morgan fingerprint density at radius 1 is 1.25 bits per heavy atom. The monoisotopic (exact) mass is 405 g/mol. The summed E-state index contributed by atoms with van der Waals surface area (Å²) in [5, 5.41) is 4.50. The van der Waals surface area contributed by atoms with Crippen molar-refractivity contribution < 1.29 is 14.3 Å². The molecule has 0 radical (unpaired) electrons. The van der Waals surface area contributed by atoms with Crippen LogP contribution in [0.1, 0.15) is 63.7 Å². The van der Waals surface area contributed by atoms with Crippen LogP contribution in [0.2, 0.25) is 5.15 Å². The van der Waals surface area contributed by atoms with Crippen LogP contribution in [0.3, 0.4) is 0 Å². The standard InChI is InChI=1S/C21H28ClN3O3/c1-5-6-14-7-8-15(14)13-27-18-11-12-25(24-18)17-10-9-16(19(22)23-17)20(26)28-21(2,3)4/h9-12,14-15H,5-8,13H2,1-4H3. The first-order valence-electron chi connectivity index (χ1n) is 9.85. The fourth-order valence-electron chi connectivity index (χ4n) is 3.35. The molecule has 0 bridgehead atoms. The molecule has 2 heterocycles. The van der Waals surface area contributed by atoms with Gasteiger partial charge in [-0.1, -0.05) is 31.4 Å². The third-order valence-corrected chi connectivity index (χ3v) is 5.22. The number of carbonyl (C=O) groups excluding carboxylic acids is 1. The molecule has 152 valence electrons. The van der Waals surface area contributed by atoms with Gasteiger partial charge in [0.15, 0.2) is 5.82 Å². The van der Waals surface area contributed by atoms with E-state index in [2.05, 4.69) is 17.0 Å². The number of pyridine rings is 1. The minimum Gasteiger partial charge on any atom is -0.476 e. The summed E-state index contributed by atoms with van der Waals surface area (Å²) in [5.41, 5.74) is -0.361. The van der Waals surface area contributed by atoms with Crippen molar-refractivity contribution in [3.8, 4) is 11.7 Å². The Morgan fingerprint density at radius 3 is 2.61 bits per heavy atom. The lowest BCUT2D eigenvalue weighted by molar-refractivity contribution is 0.00693. The second-order valence-electron chi connectivity index (χ2n) is 8.31. The molecule has 2 aromatic heterocycles. The van der Waals surface area contributed by atoms with Crippen LogP contribution < -0.4 is 4.74 Å². The van der Waals surface area contributed by atoms with Crippen LogP contribution in [-0.4, -0.2) is 32.9 Å². The average molecular weight is 406 g/mol. The third-order valence-electron chi connectivity index (χ3n) is 4.93. The van der Waals surface area contributed by atoms with E-state index in [9.17, 15) is 4.79 Å². The molecular weight excluding hydrogens is 378 g/mol. The number of rotatable bonds is 7. The first-order chi connectivity index (χ1) is 13.3. The van der Waals surface area contributed by atoms with E-state index in [0.717, 1.165) is 5.92 Å². The number of aromatic nitrogens is 3. The molecule has 28 heavy (non-hydrogen) atoms. The number of halogens is 1. The van der Waals surface area contributed by atoms with Crippen molar-refractivity contribution in [2.75, 3.05) is 6.61 Å². The van der Waals surface area contributed by atoms with E-state index in [0.29, 0.717) is 24.2 Å². The highest BCUT2D eigenvalue weighted by Gasteiger charge is 2.30. The lowest BCUT2D eigenvalue weighted by Gasteiger charge is -2.36. The summed E-state index contributed by atoms with van der Waals surface area (Å²) in [6.45, 7) is 8.34. The van der Waals surface area contributed by atoms with Gasteiger partial charge in [0, 0.05) is 12.3 Å². The van der Waals surface area contributed by atoms with Gasteiger partial charge in [0.05, 0.1) is 12.2 Å². The molecule has 0 N–H and O–H groups in total. The largest absolute Gasteiger partial charge is 0.476 e. The van der Waals surface area contributed by atoms with E-state index in [1.54, 1.807) is 43.8 Å². The molecule has 7 heteroatoms. The molecule has 0 amide bonds. The van der Waals surface area contributed by atoms with E-state index < -0.39 is 11.6 Å². The Kier molecular flexibility index (Phi) is 6.28. The van der Waals surface area contributed by atoms with Crippen molar-refractivity contribution in [2.24, 2.45) is 11.8 Å². The minimum absolute atomic E-state index is 0.0848. The van der Waals surface area contributed by atoms with Crippen LogP contribution in [0, 0.1) is 11.8 Å². The Balaban J connectivity index is 1.63. The smallest absolute Gasteiger partial charge is 0.341 e. The lowest BCUT2D eigenvalue weighted by Crippen LogP contribution is -2.31. The molecule has 6 nitrogen and oxygen atoms in total. The van der Waals surface area contributed by atoms with Gasteiger partial charge in [0.2, 0.25) is 5.88 Å².